The molecule has 2 aromatic heterocycles. The first kappa shape index (κ1) is 12.1. The van der Waals surface area contributed by atoms with Crippen molar-refractivity contribution in [1.82, 2.24) is 15.3 Å². The second kappa shape index (κ2) is 4.87. The van der Waals surface area contributed by atoms with Gasteiger partial charge < -0.3 is 15.5 Å². The van der Waals surface area contributed by atoms with Crippen molar-refractivity contribution in [3.05, 3.63) is 41.9 Å². The van der Waals surface area contributed by atoms with E-state index in [1.54, 1.807) is 32.2 Å². The zero-order valence-electron chi connectivity index (χ0n) is 10.2. The Hall–Kier alpha value is -2.37. The summed E-state index contributed by atoms with van der Waals surface area (Å²) in [7, 11) is 0. The topological polar surface area (TPSA) is 94.0 Å². The number of aromatic nitrogens is 2. The Morgan fingerprint density at radius 3 is 2.89 bits per heavy atom. The van der Waals surface area contributed by atoms with Crippen molar-refractivity contribution >= 4 is 11.6 Å². The summed E-state index contributed by atoms with van der Waals surface area (Å²) in [6, 6.07) is 2.96. The summed E-state index contributed by atoms with van der Waals surface area (Å²) in [5.41, 5.74) is 6.22. The van der Waals surface area contributed by atoms with E-state index in [0.29, 0.717) is 17.3 Å². The second-order valence-electron chi connectivity index (χ2n) is 3.95. The normalized spacial score (nSPS) is 12.1. The highest BCUT2D eigenvalue weighted by atomic mass is 16.4. The number of nitrogens with two attached hydrogens (primary N) is 1. The molecule has 0 bridgehead atoms. The monoisotopic (exact) mass is 246 g/mol. The number of anilines is 1. The number of nitrogens with one attached hydrogen (secondary N) is 1. The van der Waals surface area contributed by atoms with Crippen LogP contribution in [-0.4, -0.2) is 15.9 Å². The molecule has 0 aliphatic carbocycles. The minimum absolute atomic E-state index is 0.202. The quantitative estimate of drug-likeness (QED) is 0.854. The number of nitrogen functional groups attached to an aromatic ring is 1. The van der Waals surface area contributed by atoms with Gasteiger partial charge in [0, 0.05) is 6.20 Å². The molecule has 2 aromatic rings. The molecular formula is C12H14N4O2. The molecule has 3 N–H and O–H groups in total. The number of rotatable bonds is 3. The molecule has 94 valence electrons. The summed E-state index contributed by atoms with van der Waals surface area (Å²) in [4.78, 5) is 19.9. The fraction of sp³-hybridized carbons (Fsp3) is 0.250. The Morgan fingerprint density at radius 1 is 1.50 bits per heavy atom. The Labute approximate surface area is 104 Å². The van der Waals surface area contributed by atoms with Crippen LogP contribution < -0.4 is 11.1 Å². The van der Waals surface area contributed by atoms with Crippen LogP contribution in [0.25, 0.3) is 0 Å². The van der Waals surface area contributed by atoms with E-state index in [1.807, 2.05) is 0 Å². The van der Waals surface area contributed by atoms with Crippen molar-refractivity contribution in [3.8, 4) is 0 Å². The van der Waals surface area contributed by atoms with Gasteiger partial charge in [-0.2, -0.15) is 0 Å². The lowest BCUT2D eigenvalue weighted by molar-refractivity contribution is 0.0930. The van der Waals surface area contributed by atoms with E-state index in [2.05, 4.69) is 15.3 Å². The third-order valence-electron chi connectivity index (χ3n) is 2.41. The zero-order chi connectivity index (χ0) is 13.1. The highest BCUT2D eigenvalue weighted by Gasteiger charge is 2.17. The van der Waals surface area contributed by atoms with Gasteiger partial charge in [-0.25, -0.2) is 9.97 Å². The molecule has 0 aromatic carbocycles. The molecule has 0 fully saturated rings. The first-order chi connectivity index (χ1) is 8.58. The molecule has 0 saturated heterocycles. The maximum Gasteiger partial charge on any atom is 0.272 e. The number of hydrogen-bond acceptors (Lipinski definition) is 5. The number of oxazole rings is 1. The predicted octanol–water partition coefficient (Wildman–Crippen LogP) is 1.45. The van der Waals surface area contributed by atoms with Crippen LogP contribution in [-0.2, 0) is 0 Å². The van der Waals surface area contributed by atoms with Crippen LogP contribution in [0.2, 0.25) is 0 Å². The summed E-state index contributed by atoms with van der Waals surface area (Å²) in [6.45, 7) is 3.57. The van der Waals surface area contributed by atoms with Crippen molar-refractivity contribution in [3.63, 3.8) is 0 Å². The van der Waals surface area contributed by atoms with Gasteiger partial charge in [-0.05, 0) is 26.0 Å². The van der Waals surface area contributed by atoms with Crippen molar-refractivity contribution in [2.75, 3.05) is 5.73 Å². The molecule has 1 atom stereocenters. The molecule has 0 spiro atoms. The standard InChI is InChI=1S/C12H14N4O2/c1-7-6-15-12(18-7)8(2)16-11(17)10-9(13)4-3-5-14-10/h3-6,8H,13H2,1-2H3,(H,16,17). The lowest BCUT2D eigenvalue weighted by Crippen LogP contribution is -2.28. The SMILES string of the molecule is Cc1cnc(C(C)NC(=O)c2ncccc2N)o1. The minimum atomic E-state index is -0.351. The van der Waals surface area contributed by atoms with E-state index in [-0.39, 0.29) is 17.6 Å². The van der Waals surface area contributed by atoms with E-state index in [9.17, 15) is 4.79 Å². The highest BCUT2D eigenvalue weighted by molar-refractivity contribution is 5.97. The van der Waals surface area contributed by atoms with Gasteiger partial charge in [0.25, 0.3) is 5.91 Å². The Morgan fingerprint density at radius 2 is 2.28 bits per heavy atom. The third-order valence-corrected chi connectivity index (χ3v) is 2.41. The molecule has 0 aliphatic rings. The first-order valence-corrected chi connectivity index (χ1v) is 5.51. The van der Waals surface area contributed by atoms with E-state index in [4.69, 9.17) is 10.2 Å². The van der Waals surface area contributed by atoms with Crippen molar-refractivity contribution in [1.29, 1.82) is 0 Å². The van der Waals surface area contributed by atoms with Gasteiger partial charge in [-0.3, -0.25) is 4.79 Å². The van der Waals surface area contributed by atoms with E-state index < -0.39 is 0 Å². The fourth-order valence-corrected chi connectivity index (χ4v) is 1.51. The maximum atomic E-state index is 11.9. The van der Waals surface area contributed by atoms with Crippen molar-refractivity contribution < 1.29 is 9.21 Å². The van der Waals surface area contributed by atoms with Crippen LogP contribution in [0.5, 0.6) is 0 Å². The van der Waals surface area contributed by atoms with Gasteiger partial charge in [0.2, 0.25) is 5.89 Å². The van der Waals surface area contributed by atoms with E-state index in [1.165, 1.54) is 6.20 Å². The van der Waals surface area contributed by atoms with Crippen molar-refractivity contribution in [2.45, 2.75) is 19.9 Å². The Bertz CT molecular complexity index is 565. The molecule has 1 amide bonds. The van der Waals surface area contributed by atoms with Crippen LogP contribution in [0.1, 0.15) is 35.1 Å². The third kappa shape index (κ3) is 2.48. The Balaban J connectivity index is 2.10. The van der Waals surface area contributed by atoms with E-state index >= 15 is 0 Å². The van der Waals surface area contributed by atoms with E-state index in [0.717, 1.165) is 0 Å². The smallest absolute Gasteiger partial charge is 0.272 e. The minimum Gasteiger partial charge on any atom is -0.444 e. The molecule has 2 heterocycles. The number of hydrogen-bond donors (Lipinski definition) is 2. The first-order valence-electron chi connectivity index (χ1n) is 5.51. The summed E-state index contributed by atoms with van der Waals surface area (Å²) >= 11 is 0. The predicted molar refractivity (Wildman–Crippen MR) is 65.8 cm³/mol. The summed E-state index contributed by atoms with van der Waals surface area (Å²) in [6.07, 6.45) is 3.12. The van der Waals surface area contributed by atoms with Gasteiger partial charge in [0.15, 0.2) is 5.69 Å². The van der Waals surface area contributed by atoms with Gasteiger partial charge >= 0.3 is 0 Å². The molecular weight excluding hydrogens is 232 g/mol. The molecule has 6 nitrogen and oxygen atoms in total. The lowest BCUT2D eigenvalue weighted by atomic mass is 10.2. The van der Waals surface area contributed by atoms with Crippen LogP contribution in [0.3, 0.4) is 0 Å². The second-order valence-corrected chi connectivity index (χ2v) is 3.95. The number of carbonyl (C=O) groups excluding carboxylic acids is 1. The lowest BCUT2D eigenvalue weighted by Gasteiger charge is -2.10. The van der Waals surface area contributed by atoms with Crippen LogP contribution in [0.4, 0.5) is 5.69 Å². The Kier molecular flexibility index (Phi) is 3.27. The average molecular weight is 246 g/mol. The molecule has 6 heteroatoms. The number of nitrogens with zero attached hydrogens (tertiary/aromatic N) is 2. The molecule has 0 aliphatic heterocycles. The summed E-state index contributed by atoms with van der Waals surface area (Å²) < 4.78 is 5.33. The number of carbonyl (C=O) groups is 1. The molecule has 0 radical (unpaired) electrons. The van der Waals surface area contributed by atoms with Gasteiger partial charge in [0.1, 0.15) is 11.8 Å². The molecule has 0 saturated carbocycles. The van der Waals surface area contributed by atoms with Gasteiger partial charge in [-0.15, -0.1) is 0 Å². The summed E-state index contributed by atoms with van der Waals surface area (Å²) in [5.74, 6) is 0.801. The van der Waals surface area contributed by atoms with Crippen LogP contribution >= 0.6 is 0 Å². The largest absolute Gasteiger partial charge is 0.444 e. The number of pyridine rings is 1. The molecule has 1 unspecified atom stereocenters. The highest BCUT2D eigenvalue weighted by Crippen LogP contribution is 2.14. The number of amides is 1. The zero-order valence-corrected chi connectivity index (χ0v) is 10.2. The van der Waals surface area contributed by atoms with Crippen LogP contribution in [0.15, 0.2) is 28.9 Å². The summed E-state index contributed by atoms with van der Waals surface area (Å²) in [5, 5.41) is 2.73. The average Bonchev–Trinajstić information content (AvgIpc) is 2.76. The van der Waals surface area contributed by atoms with Gasteiger partial charge in [-0.1, -0.05) is 0 Å². The van der Waals surface area contributed by atoms with Gasteiger partial charge in [0.05, 0.1) is 11.9 Å². The maximum absolute atomic E-state index is 11.9. The van der Waals surface area contributed by atoms with Crippen molar-refractivity contribution in [2.24, 2.45) is 0 Å². The van der Waals surface area contributed by atoms with Crippen LogP contribution in [0, 0.1) is 6.92 Å². The molecule has 2 rings (SSSR count). The molecule has 18 heavy (non-hydrogen) atoms. The number of aryl methyl sites for hydroxylation is 1. The fourth-order valence-electron chi connectivity index (χ4n) is 1.51.